The summed E-state index contributed by atoms with van der Waals surface area (Å²) >= 11 is 0. The van der Waals surface area contributed by atoms with E-state index in [-0.39, 0.29) is 0 Å². The average Bonchev–Trinajstić information content (AvgIpc) is 2.99. The molecule has 26 heavy (non-hydrogen) atoms. The number of para-hydroxylation sites is 1. The summed E-state index contributed by atoms with van der Waals surface area (Å²) in [4.78, 5) is 4.31. The number of aromatic nitrogens is 2. The number of guanidine groups is 1. The molecule has 0 unspecified atom stereocenters. The van der Waals surface area contributed by atoms with Crippen molar-refractivity contribution in [2.24, 2.45) is 4.99 Å². The molecule has 2 aromatic rings. The predicted octanol–water partition coefficient (Wildman–Crippen LogP) is 2.97. The summed E-state index contributed by atoms with van der Waals surface area (Å²) < 4.78 is 7.07. The minimum Gasteiger partial charge on any atom is -0.385 e. The van der Waals surface area contributed by atoms with Gasteiger partial charge in [0.15, 0.2) is 5.96 Å². The van der Waals surface area contributed by atoms with E-state index in [1.54, 1.807) is 14.2 Å². The maximum Gasteiger partial charge on any atom is 0.191 e. The minimum absolute atomic E-state index is 0.692. The van der Waals surface area contributed by atoms with Gasteiger partial charge in [0, 0.05) is 39.5 Å². The Balaban J connectivity index is 1.91. The number of hydrogen-bond acceptors (Lipinski definition) is 3. The van der Waals surface area contributed by atoms with Gasteiger partial charge in [0.1, 0.15) is 0 Å². The number of nitrogens with zero attached hydrogens (tertiary/aromatic N) is 3. The Bertz CT molecular complexity index is 708. The van der Waals surface area contributed by atoms with Crippen LogP contribution in [0.5, 0.6) is 0 Å². The molecule has 1 aromatic carbocycles. The topological polar surface area (TPSA) is 63.5 Å². The van der Waals surface area contributed by atoms with Gasteiger partial charge in [0.2, 0.25) is 0 Å². The minimum atomic E-state index is 0.692. The second kappa shape index (κ2) is 10.6. The Morgan fingerprint density at radius 2 is 1.96 bits per heavy atom. The fraction of sp³-hybridized carbons (Fsp3) is 0.500. The fourth-order valence-electron chi connectivity index (χ4n) is 2.89. The first-order valence-corrected chi connectivity index (χ1v) is 9.20. The van der Waals surface area contributed by atoms with E-state index in [0.717, 1.165) is 55.4 Å². The zero-order valence-corrected chi connectivity index (χ0v) is 16.4. The maximum atomic E-state index is 5.07. The Morgan fingerprint density at radius 1 is 1.15 bits per heavy atom. The van der Waals surface area contributed by atoms with Crippen molar-refractivity contribution in [1.82, 2.24) is 20.4 Å². The number of nitrogens with one attached hydrogen (secondary N) is 2. The fourth-order valence-corrected chi connectivity index (χ4v) is 2.89. The Kier molecular flexibility index (Phi) is 8.15. The quantitative estimate of drug-likeness (QED) is 0.411. The van der Waals surface area contributed by atoms with Crippen molar-refractivity contribution < 1.29 is 4.74 Å². The monoisotopic (exact) mass is 357 g/mol. The summed E-state index contributed by atoms with van der Waals surface area (Å²) in [6.07, 6.45) is 3.35. The van der Waals surface area contributed by atoms with Crippen LogP contribution in [0.3, 0.4) is 0 Å². The van der Waals surface area contributed by atoms with Gasteiger partial charge in [-0.3, -0.25) is 4.99 Å². The van der Waals surface area contributed by atoms with E-state index in [4.69, 9.17) is 4.74 Å². The van der Waals surface area contributed by atoms with Crippen molar-refractivity contribution in [3.05, 3.63) is 47.3 Å². The van der Waals surface area contributed by atoms with Crippen LogP contribution in [-0.4, -0.2) is 43.0 Å². The molecule has 2 N–H and O–H groups in total. The molecule has 0 aliphatic carbocycles. The number of rotatable bonds is 9. The van der Waals surface area contributed by atoms with Gasteiger partial charge in [-0.15, -0.1) is 0 Å². The number of hydrogen-bond donors (Lipinski definition) is 2. The van der Waals surface area contributed by atoms with Crippen LogP contribution in [0.15, 0.2) is 35.3 Å². The average molecular weight is 358 g/mol. The Labute approximate surface area is 156 Å². The normalized spacial score (nSPS) is 11.6. The van der Waals surface area contributed by atoms with Crippen molar-refractivity contribution in [2.75, 3.05) is 27.3 Å². The second-order valence-electron chi connectivity index (χ2n) is 6.37. The van der Waals surface area contributed by atoms with Crippen LogP contribution in [0, 0.1) is 13.8 Å². The van der Waals surface area contributed by atoms with Crippen LogP contribution in [0.4, 0.5) is 0 Å². The number of unbranched alkanes of at least 4 members (excludes halogenated alkanes) is 2. The van der Waals surface area contributed by atoms with Gasteiger partial charge in [0.25, 0.3) is 0 Å². The summed E-state index contributed by atoms with van der Waals surface area (Å²) in [6.45, 7) is 6.52. The lowest BCUT2D eigenvalue weighted by atomic mass is 10.1. The second-order valence-corrected chi connectivity index (χ2v) is 6.37. The van der Waals surface area contributed by atoms with Gasteiger partial charge < -0.3 is 15.4 Å². The van der Waals surface area contributed by atoms with E-state index in [2.05, 4.69) is 51.9 Å². The molecular formula is C20H31N5O. The third-order valence-electron chi connectivity index (χ3n) is 4.22. The first-order valence-electron chi connectivity index (χ1n) is 9.20. The molecule has 0 spiro atoms. The lowest BCUT2D eigenvalue weighted by Crippen LogP contribution is -2.37. The number of aryl methyl sites for hydroxylation is 2. The SMILES string of the molecule is CN=C(NCCCCCOC)NCc1ccccc1-n1nc(C)cc1C. The van der Waals surface area contributed by atoms with Gasteiger partial charge in [-0.05, 0) is 50.8 Å². The molecule has 142 valence electrons. The van der Waals surface area contributed by atoms with E-state index in [1.165, 1.54) is 5.56 Å². The van der Waals surface area contributed by atoms with E-state index >= 15 is 0 Å². The summed E-state index contributed by atoms with van der Waals surface area (Å²) in [5, 5.41) is 11.4. The first-order chi connectivity index (χ1) is 12.7. The third-order valence-corrected chi connectivity index (χ3v) is 4.22. The van der Waals surface area contributed by atoms with Gasteiger partial charge in [-0.2, -0.15) is 5.10 Å². The maximum absolute atomic E-state index is 5.07. The molecule has 0 radical (unpaired) electrons. The first kappa shape index (κ1) is 20.0. The van der Waals surface area contributed by atoms with E-state index in [0.29, 0.717) is 6.54 Å². The molecule has 6 heteroatoms. The highest BCUT2D eigenvalue weighted by Gasteiger charge is 2.09. The van der Waals surface area contributed by atoms with E-state index in [9.17, 15) is 0 Å². The molecule has 1 aromatic heterocycles. The molecule has 1 heterocycles. The molecule has 0 aliphatic rings. The van der Waals surface area contributed by atoms with Crippen LogP contribution < -0.4 is 10.6 Å². The zero-order valence-electron chi connectivity index (χ0n) is 16.4. The highest BCUT2D eigenvalue weighted by atomic mass is 16.5. The van der Waals surface area contributed by atoms with Crippen molar-refractivity contribution >= 4 is 5.96 Å². The van der Waals surface area contributed by atoms with Crippen molar-refractivity contribution in [1.29, 1.82) is 0 Å². The lowest BCUT2D eigenvalue weighted by molar-refractivity contribution is 0.192. The number of ether oxygens (including phenoxy) is 1. The summed E-state index contributed by atoms with van der Waals surface area (Å²) in [6, 6.07) is 10.4. The van der Waals surface area contributed by atoms with Crippen molar-refractivity contribution in [3.63, 3.8) is 0 Å². The molecule has 0 bridgehead atoms. The Hall–Kier alpha value is -2.34. The van der Waals surface area contributed by atoms with Crippen LogP contribution in [0.2, 0.25) is 0 Å². The zero-order chi connectivity index (χ0) is 18.8. The van der Waals surface area contributed by atoms with Crippen LogP contribution in [0.25, 0.3) is 5.69 Å². The predicted molar refractivity (Wildman–Crippen MR) is 107 cm³/mol. The summed E-state index contributed by atoms with van der Waals surface area (Å²) in [5.41, 5.74) is 4.44. The molecule has 0 saturated heterocycles. The molecular weight excluding hydrogens is 326 g/mol. The molecule has 2 rings (SSSR count). The van der Waals surface area contributed by atoms with E-state index < -0.39 is 0 Å². The van der Waals surface area contributed by atoms with Gasteiger partial charge in [0.05, 0.1) is 11.4 Å². The molecule has 0 saturated carbocycles. The van der Waals surface area contributed by atoms with Gasteiger partial charge in [-0.1, -0.05) is 18.2 Å². The molecule has 0 amide bonds. The van der Waals surface area contributed by atoms with Crippen LogP contribution >= 0.6 is 0 Å². The smallest absolute Gasteiger partial charge is 0.191 e. The van der Waals surface area contributed by atoms with Crippen molar-refractivity contribution in [3.8, 4) is 5.69 Å². The number of aliphatic imine (C=N–C) groups is 1. The number of methoxy groups -OCH3 is 1. The number of benzene rings is 1. The molecule has 0 aliphatic heterocycles. The van der Waals surface area contributed by atoms with Gasteiger partial charge >= 0.3 is 0 Å². The summed E-state index contributed by atoms with van der Waals surface area (Å²) in [5.74, 6) is 0.819. The molecule has 0 atom stereocenters. The Morgan fingerprint density at radius 3 is 2.65 bits per heavy atom. The summed E-state index contributed by atoms with van der Waals surface area (Å²) in [7, 11) is 3.54. The van der Waals surface area contributed by atoms with Crippen molar-refractivity contribution in [2.45, 2.75) is 39.7 Å². The largest absolute Gasteiger partial charge is 0.385 e. The van der Waals surface area contributed by atoms with Crippen LogP contribution in [-0.2, 0) is 11.3 Å². The lowest BCUT2D eigenvalue weighted by Gasteiger charge is -2.15. The van der Waals surface area contributed by atoms with Crippen LogP contribution in [0.1, 0.15) is 36.2 Å². The standard InChI is InChI=1S/C20H31N5O/c1-16-14-17(2)25(24-16)19-11-7-6-10-18(19)15-23-20(21-3)22-12-8-5-9-13-26-4/h6-7,10-11,14H,5,8-9,12-13,15H2,1-4H3,(H2,21,22,23). The third kappa shape index (κ3) is 5.88. The molecule has 6 nitrogen and oxygen atoms in total. The van der Waals surface area contributed by atoms with E-state index in [1.807, 2.05) is 17.7 Å². The highest BCUT2D eigenvalue weighted by Crippen LogP contribution is 2.16. The molecule has 0 fully saturated rings. The highest BCUT2D eigenvalue weighted by molar-refractivity contribution is 5.79. The van der Waals surface area contributed by atoms with Gasteiger partial charge in [-0.25, -0.2) is 4.68 Å².